The molecule has 0 aliphatic carbocycles. The summed E-state index contributed by atoms with van der Waals surface area (Å²) in [5.41, 5.74) is 6.25. The minimum atomic E-state index is -0.00293. The van der Waals surface area contributed by atoms with E-state index in [-0.39, 0.29) is 5.91 Å². The lowest BCUT2D eigenvalue weighted by atomic mass is 10.1. The molecule has 1 aromatic carbocycles. The Balaban J connectivity index is 2.37. The molecule has 1 amide bonds. The summed E-state index contributed by atoms with van der Waals surface area (Å²) < 4.78 is 5.04. The summed E-state index contributed by atoms with van der Waals surface area (Å²) in [5, 5.41) is 2.78. The maximum absolute atomic E-state index is 11.5. The summed E-state index contributed by atoms with van der Waals surface area (Å²) in [6.07, 6.45) is 4.03. The van der Waals surface area contributed by atoms with Gasteiger partial charge < -0.3 is 15.8 Å². The third kappa shape index (κ3) is 5.17. The molecule has 3 N–H and O–H groups in total. The summed E-state index contributed by atoms with van der Waals surface area (Å²) >= 11 is 0. The van der Waals surface area contributed by atoms with Crippen molar-refractivity contribution in [1.82, 2.24) is 5.32 Å². The molecule has 92 valence electrons. The minimum absolute atomic E-state index is 0.00293. The molecule has 0 heterocycles. The number of nitrogens with one attached hydrogen (secondary N) is 1. The van der Waals surface area contributed by atoms with Gasteiger partial charge in [-0.05, 0) is 17.7 Å². The molecule has 0 aromatic heterocycles. The van der Waals surface area contributed by atoms with E-state index in [0.29, 0.717) is 19.5 Å². The number of nitrogens with two attached hydrogens (primary N) is 1. The van der Waals surface area contributed by atoms with Gasteiger partial charge in [-0.3, -0.25) is 4.79 Å². The predicted octanol–water partition coefficient (Wildman–Crippen LogP) is 0.869. The molecule has 0 saturated heterocycles. The number of hydrogen-bond acceptors (Lipinski definition) is 3. The number of hydrogen-bond donors (Lipinski definition) is 2. The first-order valence-electron chi connectivity index (χ1n) is 5.51. The van der Waals surface area contributed by atoms with E-state index >= 15 is 0 Å². The van der Waals surface area contributed by atoms with Gasteiger partial charge >= 0.3 is 0 Å². The molecule has 0 saturated carbocycles. The molecule has 4 heteroatoms. The van der Waals surface area contributed by atoms with E-state index in [1.54, 1.807) is 7.11 Å². The highest BCUT2D eigenvalue weighted by Crippen LogP contribution is 2.11. The maximum atomic E-state index is 11.5. The Kier molecular flexibility index (Phi) is 5.82. The second-order valence-electron chi connectivity index (χ2n) is 3.54. The Morgan fingerprint density at radius 3 is 2.65 bits per heavy atom. The number of benzene rings is 1. The van der Waals surface area contributed by atoms with Crippen LogP contribution < -0.4 is 15.8 Å². The van der Waals surface area contributed by atoms with Gasteiger partial charge in [0.05, 0.1) is 13.5 Å². The molecule has 0 atom stereocenters. The molecule has 1 aromatic rings. The van der Waals surface area contributed by atoms with Crippen LogP contribution in [0, 0.1) is 0 Å². The first-order chi connectivity index (χ1) is 8.26. The third-order valence-corrected chi connectivity index (χ3v) is 2.24. The Bertz CT molecular complexity index is 372. The van der Waals surface area contributed by atoms with Gasteiger partial charge in [-0.25, -0.2) is 0 Å². The monoisotopic (exact) mass is 234 g/mol. The maximum Gasteiger partial charge on any atom is 0.224 e. The van der Waals surface area contributed by atoms with Gasteiger partial charge in [-0.2, -0.15) is 0 Å². The van der Waals surface area contributed by atoms with Crippen molar-refractivity contribution < 1.29 is 9.53 Å². The Labute approximate surface area is 101 Å². The van der Waals surface area contributed by atoms with Gasteiger partial charge in [-0.15, -0.1) is 0 Å². The second-order valence-corrected chi connectivity index (χ2v) is 3.54. The molecule has 0 unspecified atom stereocenters. The highest BCUT2D eigenvalue weighted by atomic mass is 16.5. The fraction of sp³-hybridized carbons (Fsp3) is 0.308. The molecule has 17 heavy (non-hydrogen) atoms. The van der Waals surface area contributed by atoms with Crippen molar-refractivity contribution in [3.63, 3.8) is 0 Å². The second kappa shape index (κ2) is 7.46. The minimum Gasteiger partial charge on any atom is -0.497 e. The normalized spacial score (nSPS) is 10.5. The van der Waals surface area contributed by atoms with Gasteiger partial charge in [0.1, 0.15) is 5.75 Å². The summed E-state index contributed by atoms with van der Waals surface area (Å²) in [7, 11) is 1.62. The number of ether oxygens (including phenoxy) is 1. The van der Waals surface area contributed by atoms with E-state index in [0.717, 1.165) is 11.3 Å². The summed E-state index contributed by atoms with van der Waals surface area (Å²) in [5.74, 6) is 0.789. The first-order valence-corrected chi connectivity index (χ1v) is 5.51. The molecule has 0 radical (unpaired) electrons. The Hall–Kier alpha value is -1.81. The summed E-state index contributed by atoms with van der Waals surface area (Å²) in [6.45, 7) is 1.01. The summed E-state index contributed by atoms with van der Waals surface area (Å²) in [6, 6.07) is 7.45. The first kappa shape index (κ1) is 13.3. The van der Waals surface area contributed by atoms with Crippen molar-refractivity contribution >= 4 is 5.91 Å². The zero-order chi connectivity index (χ0) is 12.5. The van der Waals surface area contributed by atoms with Gasteiger partial charge in [0.2, 0.25) is 5.91 Å². The topological polar surface area (TPSA) is 64.3 Å². The Morgan fingerprint density at radius 2 is 2.06 bits per heavy atom. The van der Waals surface area contributed by atoms with Crippen LogP contribution in [0.2, 0.25) is 0 Å². The zero-order valence-corrected chi connectivity index (χ0v) is 9.98. The fourth-order valence-electron chi connectivity index (χ4n) is 1.34. The molecule has 0 fully saturated rings. The van der Waals surface area contributed by atoms with Crippen molar-refractivity contribution in [2.75, 3.05) is 20.2 Å². The number of carbonyl (C=O) groups excluding carboxylic acids is 1. The predicted molar refractivity (Wildman–Crippen MR) is 67.9 cm³/mol. The number of carbonyl (C=O) groups is 1. The van der Waals surface area contributed by atoms with Crippen LogP contribution in [0.25, 0.3) is 0 Å². The Morgan fingerprint density at radius 1 is 1.35 bits per heavy atom. The van der Waals surface area contributed by atoms with Crippen molar-refractivity contribution in [1.29, 1.82) is 0 Å². The molecule has 4 nitrogen and oxygen atoms in total. The highest BCUT2D eigenvalue weighted by Gasteiger charge is 2.01. The largest absolute Gasteiger partial charge is 0.497 e. The van der Waals surface area contributed by atoms with E-state index in [2.05, 4.69) is 5.32 Å². The molecular weight excluding hydrogens is 216 g/mol. The van der Waals surface area contributed by atoms with Crippen LogP contribution in [0.1, 0.15) is 5.56 Å². The average Bonchev–Trinajstić information content (AvgIpc) is 2.36. The number of amides is 1. The van der Waals surface area contributed by atoms with E-state index in [9.17, 15) is 4.79 Å². The SMILES string of the molecule is COc1ccc(CC(=O)NC/C=C/CN)cc1. The van der Waals surface area contributed by atoms with E-state index < -0.39 is 0 Å². The van der Waals surface area contributed by atoms with Crippen LogP contribution in [0.3, 0.4) is 0 Å². The highest BCUT2D eigenvalue weighted by molar-refractivity contribution is 5.78. The fourth-order valence-corrected chi connectivity index (χ4v) is 1.34. The van der Waals surface area contributed by atoms with Crippen LogP contribution in [-0.2, 0) is 11.2 Å². The van der Waals surface area contributed by atoms with Gasteiger partial charge in [0, 0.05) is 13.1 Å². The van der Waals surface area contributed by atoms with Gasteiger partial charge in [0.15, 0.2) is 0 Å². The molecular formula is C13H18N2O2. The van der Waals surface area contributed by atoms with Crippen LogP contribution in [0.5, 0.6) is 5.75 Å². The van der Waals surface area contributed by atoms with E-state index in [1.807, 2.05) is 36.4 Å². The van der Waals surface area contributed by atoms with Crippen LogP contribution >= 0.6 is 0 Å². The van der Waals surface area contributed by atoms with Gasteiger partial charge in [-0.1, -0.05) is 24.3 Å². The van der Waals surface area contributed by atoms with Crippen LogP contribution in [-0.4, -0.2) is 26.1 Å². The molecule has 1 rings (SSSR count). The number of methoxy groups -OCH3 is 1. The molecule has 0 aliphatic rings. The van der Waals surface area contributed by atoms with E-state index in [4.69, 9.17) is 10.5 Å². The van der Waals surface area contributed by atoms with Crippen molar-refractivity contribution in [2.45, 2.75) is 6.42 Å². The third-order valence-electron chi connectivity index (χ3n) is 2.24. The van der Waals surface area contributed by atoms with Crippen molar-refractivity contribution in [3.05, 3.63) is 42.0 Å². The zero-order valence-electron chi connectivity index (χ0n) is 9.98. The standard InChI is InChI=1S/C13H18N2O2/c1-17-12-6-4-11(5-7-12)10-13(16)15-9-3-2-8-14/h2-7H,8-10,14H2,1H3,(H,15,16)/b3-2+. The van der Waals surface area contributed by atoms with Gasteiger partial charge in [0.25, 0.3) is 0 Å². The lowest BCUT2D eigenvalue weighted by Gasteiger charge is -2.04. The van der Waals surface area contributed by atoms with Crippen molar-refractivity contribution in [2.24, 2.45) is 5.73 Å². The van der Waals surface area contributed by atoms with E-state index in [1.165, 1.54) is 0 Å². The molecule has 0 bridgehead atoms. The van der Waals surface area contributed by atoms with Crippen molar-refractivity contribution in [3.8, 4) is 5.75 Å². The van der Waals surface area contributed by atoms with Crippen LogP contribution in [0.4, 0.5) is 0 Å². The molecule has 0 aliphatic heterocycles. The number of rotatable bonds is 6. The lowest BCUT2D eigenvalue weighted by Crippen LogP contribution is -2.25. The lowest BCUT2D eigenvalue weighted by molar-refractivity contribution is -0.120. The van der Waals surface area contributed by atoms with Crippen LogP contribution in [0.15, 0.2) is 36.4 Å². The average molecular weight is 234 g/mol. The quantitative estimate of drug-likeness (QED) is 0.718. The summed E-state index contributed by atoms with van der Waals surface area (Å²) in [4.78, 5) is 11.5. The smallest absolute Gasteiger partial charge is 0.224 e. The molecule has 0 spiro atoms.